The van der Waals surface area contributed by atoms with E-state index >= 15 is 0 Å². The van der Waals surface area contributed by atoms with Gasteiger partial charge < -0.3 is 14.3 Å². The quantitative estimate of drug-likeness (QED) is 0.594. The molecule has 0 saturated heterocycles. The highest BCUT2D eigenvalue weighted by atomic mass is 16.5. The number of nitrogens with zero attached hydrogens (tertiary/aromatic N) is 1. The van der Waals surface area contributed by atoms with E-state index in [1.165, 1.54) is 0 Å². The lowest BCUT2D eigenvalue weighted by atomic mass is 10.1. The van der Waals surface area contributed by atoms with Crippen molar-refractivity contribution in [3.05, 3.63) is 78.3 Å². The van der Waals surface area contributed by atoms with Gasteiger partial charge in [0.2, 0.25) is 0 Å². The van der Waals surface area contributed by atoms with Gasteiger partial charge in [0.15, 0.2) is 5.76 Å². The maximum Gasteiger partial charge on any atom is 0.251 e. The molecule has 0 spiro atoms. The highest BCUT2D eigenvalue weighted by Crippen LogP contribution is 2.29. The van der Waals surface area contributed by atoms with Gasteiger partial charge in [-0.2, -0.15) is 0 Å². The summed E-state index contributed by atoms with van der Waals surface area (Å²) in [5.74, 6) is 1.19. The third kappa shape index (κ3) is 2.92. The standard InChI is InChI=1S/C20H16N2O3/c1-13(18-8-5-11-24-18)21-20(23)15-9-10-17-16(12-15)19(25-22-17)14-6-3-2-4-7-14/h2-13H,1H3,(H,21,23)/t13-/m0/s1. The maximum atomic E-state index is 12.6. The molecule has 1 atom stereocenters. The number of hydrogen-bond acceptors (Lipinski definition) is 4. The summed E-state index contributed by atoms with van der Waals surface area (Å²) in [5.41, 5.74) is 2.19. The van der Waals surface area contributed by atoms with Crippen molar-refractivity contribution in [1.82, 2.24) is 10.5 Å². The predicted molar refractivity (Wildman–Crippen MR) is 94.0 cm³/mol. The van der Waals surface area contributed by atoms with Gasteiger partial charge in [0.1, 0.15) is 11.3 Å². The van der Waals surface area contributed by atoms with Crippen LogP contribution in [0, 0.1) is 0 Å². The van der Waals surface area contributed by atoms with Crippen LogP contribution in [0.2, 0.25) is 0 Å². The molecular weight excluding hydrogens is 316 g/mol. The molecule has 124 valence electrons. The summed E-state index contributed by atoms with van der Waals surface area (Å²) in [4.78, 5) is 12.6. The Hall–Kier alpha value is -3.34. The normalized spacial score (nSPS) is 12.2. The van der Waals surface area contributed by atoms with Crippen molar-refractivity contribution in [1.29, 1.82) is 0 Å². The minimum absolute atomic E-state index is 0.175. The average Bonchev–Trinajstić information content (AvgIpc) is 3.31. The Bertz CT molecular complexity index is 1000. The SMILES string of the molecule is C[C@H](NC(=O)c1ccc2noc(-c3ccccc3)c2c1)c1ccco1. The number of fused-ring (bicyclic) bond motifs is 1. The van der Waals surface area contributed by atoms with Gasteiger partial charge in [-0.1, -0.05) is 35.5 Å². The van der Waals surface area contributed by atoms with Crippen LogP contribution in [-0.2, 0) is 0 Å². The monoisotopic (exact) mass is 332 g/mol. The molecule has 5 nitrogen and oxygen atoms in total. The van der Waals surface area contributed by atoms with Gasteiger partial charge in [-0.25, -0.2) is 0 Å². The van der Waals surface area contributed by atoms with E-state index in [9.17, 15) is 4.79 Å². The maximum absolute atomic E-state index is 12.6. The number of carbonyl (C=O) groups is 1. The Morgan fingerprint density at radius 2 is 1.92 bits per heavy atom. The molecule has 5 heteroatoms. The molecule has 0 aliphatic heterocycles. The van der Waals surface area contributed by atoms with Crippen molar-refractivity contribution in [2.45, 2.75) is 13.0 Å². The van der Waals surface area contributed by atoms with E-state index in [0.29, 0.717) is 17.1 Å². The van der Waals surface area contributed by atoms with E-state index in [1.807, 2.05) is 43.3 Å². The second-order valence-corrected chi connectivity index (χ2v) is 5.82. The molecule has 0 saturated carbocycles. The first-order valence-electron chi connectivity index (χ1n) is 8.01. The number of nitrogens with one attached hydrogen (secondary N) is 1. The molecule has 2 aromatic carbocycles. The first kappa shape index (κ1) is 15.2. The van der Waals surface area contributed by atoms with Gasteiger partial charge in [-0.15, -0.1) is 0 Å². The Labute approximate surface area is 144 Å². The molecule has 2 heterocycles. The van der Waals surface area contributed by atoms with Crippen LogP contribution in [0.25, 0.3) is 22.2 Å². The number of furan rings is 1. The minimum atomic E-state index is -0.214. The summed E-state index contributed by atoms with van der Waals surface area (Å²) < 4.78 is 10.8. The molecule has 0 aliphatic rings. The summed E-state index contributed by atoms with van der Waals surface area (Å²) in [6.45, 7) is 1.88. The largest absolute Gasteiger partial charge is 0.467 e. The van der Waals surface area contributed by atoms with E-state index in [1.54, 1.807) is 30.5 Å². The number of rotatable bonds is 4. The fourth-order valence-electron chi connectivity index (χ4n) is 2.77. The zero-order valence-corrected chi connectivity index (χ0v) is 13.6. The van der Waals surface area contributed by atoms with E-state index in [2.05, 4.69) is 10.5 Å². The molecule has 0 aliphatic carbocycles. The molecule has 0 unspecified atom stereocenters. The third-order valence-electron chi connectivity index (χ3n) is 4.09. The molecule has 0 bridgehead atoms. The van der Waals surface area contributed by atoms with Crippen LogP contribution in [0.5, 0.6) is 0 Å². The molecule has 0 fully saturated rings. The molecule has 4 rings (SSSR count). The van der Waals surface area contributed by atoms with E-state index in [-0.39, 0.29) is 11.9 Å². The lowest BCUT2D eigenvalue weighted by molar-refractivity contribution is 0.0935. The first-order chi connectivity index (χ1) is 12.2. The zero-order valence-electron chi connectivity index (χ0n) is 13.6. The van der Waals surface area contributed by atoms with Crippen molar-refractivity contribution >= 4 is 16.8 Å². The number of amides is 1. The zero-order chi connectivity index (χ0) is 17.2. The Morgan fingerprint density at radius 3 is 2.68 bits per heavy atom. The summed E-state index contributed by atoms with van der Waals surface area (Å²) in [6, 6.07) is 18.5. The Balaban J connectivity index is 1.65. The van der Waals surface area contributed by atoms with Crippen LogP contribution < -0.4 is 5.32 Å². The molecule has 4 aromatic rings. The van der Waals surface area contributed by atoms with Gasteiger partial charge in [-0.05, 0) is 37.3 Å². The van der Waals surface area contributed by atoms with Gasteiger partial charge in [0.05, 0.1) is 17.7 Å². The molecular formula is C20H16N2O3. The van der Waals surface area contributed by atoms with Crippen LogP contribution >= 0.6 is 0 Å². The second kappa shape index (κ2) is 6.28. The van der Waals surface area contributed by atoms with Crippen LogP contribution in [-0.4, -0.2) is 11.1 Å². The lowest BCUT2D eigenvalue weighted by Gasteiger charge is -2.11. The number of hydrogen-bond donors (Lipinski definition) is 1. The smallest absolute Gasteiger partial charge is 0.251 e. The minimum Gasteiger partial charge on any atom is -0.467 e. The van der Waals surface area contributed by atoms with Gasteiger partial charge in [0.25, 0.3) is 5.91 Å². The van der Waals surface area contributed by atoms with Gasteiger partial charge >= 0.3 is 0 Å². The molecule has 25 heavy (non-hydrogen) atoms. The van der Waals surface area contributed by atoms with E-state index in [4.69, 9.17) is 8.94 Å². The first-order valence-corrected chi connectivity index (χ1v) is 8.01. The average molecular weight is 332 g/mol. The fraction of sp³-hybridized carbons (Fsp3) is 0.100. The fourth-order valence-corrected chi connectivity index (χ4v) is 2.77. The van der Waals surface area contributed by atoms with Crippen molar-refractivity contribution < 1.29 is 13.7 Å². The van der Waals surface area contributed by atoms with Gasteiger partial charge in [0, 0.05) is 11.1 Å². The van der Waals surface area contributed by atoms with E-state index in [0.717, 1.165) is 16.5 Å². The number of benzene rings is 2. The Morgan fingerprint density at radius 1 is 1.08 bits per heavy atom. The third-order valence-corrected chi connectivity index (χ3v) is 4.09. The topological polar surface area (TPSA) is 68.3 Å². The number of carbonyl (C=O) groups excluding carboxylic acids is 1. The predicted octanol–water partition coefficient (Wildman–Crippen LogP) is 4.58. The van der Waals surface area contributed by atoms with Gasteiger partial charge in [-0.3, -0.25) is 4.79 Å². The summed E-state index contributed by atoms with van der Waals surface area (Å²) in [6.07, 6.45) is 1.59. The van der Waals surface area contributed by atoms with Crippen molar-refractivity contribution in [2.24, 2.45) is 0 Å². The summed E-state index contributed by atoms with van der Waals surface area (Å²) in [5, 5.41) is 7.82. The molecule has 0 radical (unpaired) electrons. The van der Waals surface area contributed by atoms with Crippen LogP contribution in [0.1, 0.15) is 29.1 Å². The van der Waals surface area contributed by atoms with Crippen LogP contribution in [0.15, 0.2) is 75.9 Å². The van der Waals surface area contributed by atoms with Crippen LogP contribution in [0.4, 0.5) is 0 Å². The van der Waals surface area contributed by atoms with Crippen molar-refractivity contribution in [3.63, 3.8) is 0 Å². The Kier molecular flexibility index (Phi) is 3.82. The number of aromatic nitrogens is 1. The second-order valence-electron chi connectivity index (χ2n) is 5.82. The summed E-state index contributed by atoms with van der Waals surface area (Å²) in [7, 11) is 0. The summed E-state index contributed by atoms with van der Waals surface area (Å²) >= 11 is 0. The highest BCUT2D eigenvalue weighted by molar-refractivity contribution is 6.01. The van der Waals surface area contributed by atoms with Crippen molar-refractivity contribution in [2.75, 3.05) is 0 Å². The molecule has 1 N–H and O–H groups in total. The molecule has 2 aromatic heterocycles. The molecule has 1 amide bonds. The van der Waals surface area contributed by atoms with Crippen LogP contribution in [0.3, 0.4) is 0 Å². The lowest BCUT2D eigenvalue weighted by Crippen LogP contribution is -2.26. The highest BCUT2D eigenvalue weighted by Gasteiger charge is 2.16. The van der Waals surface area contributed by atoms with E-state index < -0.39 is 0 Å². The van der Waals surface area contributed by atoms with Crippen molar-refractivity contribution in [3.8, 4) is 11.3 Å².